The number of hydrogen-bond acceptors (Lipinski definition) is 4. The summed E-state index contributed by atoms with van der Waals surface area (Å²) in [6.45, 7) is 0.426. The standard InChI is InChI=1S/C11H17N3O/c1-14(2)8-5-11(15-9-3-4-9)10(6-12)13-7-8/h5,7,9H,3-4,6,12H2,1-2H3. The normalized spacial score (nSPS) is 15.1. The lowest BCUT2D eigenvalue weighted by molar-refractivity contribution is 0.298. The largest absolute Gasteiger partial charge is 0.488 e. The fourth-order valence-corrected chi connectivity index (χ4v) is 1.33. The summed E-state index contributed by atoms with van der Waals surface area (Å²) >= 11 is 0. The van der Waals surface area contributed by atoms with E-state index < -0.39 is 0 Å². The van der Waals surface area contributed by atoms with Crippen LogP contribution in [0.25, 0.3) is 0 Å². The lowest BCUT2D eigenvalue weighted by atomic mass is 10.3. The predicted molar refractivity (Wildman–Crippen MR) is 60.1 cm³/mol. The Balaban J connectivity index is 2.24. The summed E-state index contributed by atoms with van der Waals surface area (Å²) in [5.74, 6) is 0.839. The molecule has 15 heavy (non-hydrogen) atoms. The lowest BCUT2D eigenvalue weighted by Crippen LogP contribution is -2.12. The minimum Gasteiger partial charge on any atom is -0.488 e. The topological polar surface area (TPSA) is 51.4 Å². The van der Waals surface area contributed by atoms with Crippen molar-refractivity contribution in [3.8, 4) is 5.75 Å². The maximum atomic E-state index is 5.77. The number of rotatable bonds is 4. The van der Waals surface area contributed by atoms with Crippen molar-refractivity contribution in [2.75, 3.05) is 19.0 Å². The van der Waals surface area contributed by atoms with Crippen molar-refractivity contribution in [2.24, 2.45) is 5.73 Å². The van der Waals surface area contributed by atoms with Gasteiger partial charge in [0, 0.05) is 26.7 Å². The molecule has 1 aromatic heterocycles. The molecule has 4 heteroatoms. The summed E-state index contributed by atoms with van der Waals surface area (Å²) in [6, 6.07) is 2.01. The zero-order valence-corrected chi connectivity index (χ0v) is 9.23. The molecule has 2 N–H and O–H groups in total. The molecule has 1 heterocycles. The zero-order valence-electron chi connectivity index (χ0n) is 9.23. The molecule has 0 radical (unpaired) electrons. The second kappa shape index (κ2) is 4.06. The van der Waals surface area contributed by atoms with Gasteiger partial charge in [0.25, 0.3) is 0 Å². The first-order valence-corrected chi connectivity index (χ1v) is 5.23. The smallest absolute Gasteiger partial charge is 0.144 e. The van der Waals surface area contributed by atoms with E-state index in [-0.39, 0.29) is 0 Å². The van der Waals surface area contributed by atoms with E-state index in [1.54, 1.807) is 0 Å². The summed E-state index contributed by atoms with van der Waals surface area (Å²) in [4.78, 5) is 6.31. The van der Waals surface area contributed by atoms with E-state index in [4.69, 9.17) is 10.5 Å². The number of nitrogens with two attached hydrogens (primary N) is 1. The van der Waals surface area contributed by atoms with Crippen molar-refractivity contribution in [3.05, 3.63) is 18.0 Å². The van der Waals surface area contributed by atoms with Crippen LogP contribution in [0, 0.1) is 0 Å². The Kier molecular flexibility index (Phi) is 2.77. The fourth-order valence-electron chi connectivity index (χ4n) is 1.33. The minimum absolute atomic E-state index is 0.384. The van der Waals surface area contributed by atoms with Gasteiger partial charge >= 0.3 is 0 Å². The highest BCUT2D eigenvalue weighted by Gasteiger charge is 2.24. The second-order valence-electron chi connectivity index (χ2n) is 4.05. The van der Waals surface area contributed by atoms with Crippen LogP contribution in [0.3, 0.4) is 0 Å². The predicted octanol–water partition coefficient (Wildman–Crippen LogP) is 1.15. The van der Waals surface area contributed by atoms with Crippen LogP contribution in [-0.2, 0) is 6.54 Å². The molecule has 0 spiro atoms. The van der Waals surface area contributed by atoms with Gasteiger partial charge in [-0.2, -0.15) is 0 Å². The van der Waals surface area contributed by atoms with Gasteiger partial charge in [0.1, 0.15) is 5.75 Å². The Labute approximate surface area is 90.0 Å². The highest BCUT2D eigenvalue weighted by molar-refractivity contribution is 5.49. The number of anilines is 1. The molecule has 1 aliphatic carbocycles. The monoisotopic (exact) mass is 207 g/mol. The number of pyridine rings is 1. The molecular weight excluding hydrogens is 190 g/mol. The first-order valence-electron chi connectivity index (χ1n) is 5.23. The third-order valence-electron chi connectivity index (χ3n) is 2.44. The van der Waals surface area contributed by atoms with Gasteiger partial charge in [-0.05, 0) is 12.8 Å². The summed E-state index contributed by atoms with van der Waals surface area (Å²) in [6.07, 6.45) is 4.50. The molecule has 1 aromatic rings. The van der Waals surface area contributed by atoms with E-state index in [1.165, 1.54) is 0 Å². The molecule has 82 valence electrons. The van der Waals surface area contributed by atoms with E-state index in [0.717, 1.165) is 30.0 Å². The number of ether oxygens (including phenoxy) is 1. The van der Waals surface area contributed by atoms with Crippen LogP contribution in [0.2, 0.25) is 0 Å². The summed E-state index contributed by atoms with van der Waals surface area (Å²) in [7, 11) is 3.97. The Bertz CT molecular complexity index is 348. The van der Waals surface area contributed by atoms with Gasteiger partial charge < -0.3 is 15.4 Å². The van der Waals surface area contributed by atoms with Crippen molar-refractivity contribution in [1.29, 1.82) is 0 Å². The molecule has 0 unspecified atom stereocenters. The first-order chi connectivity index (χ1) is 7.20. The van der Waals surface area contributed by atoms with E-state index in [0.29, 0.717) is 12.6 Å². The van der Waals surface area contributed by atoms with Gasteiger partial charge in [0.05, 0.1) is 23.7 Å². The van der Waals surface area contributed by atoms with Crippen LogP contribution in [0.15, 0.2) is 12.3 Å². The van der Waals surface area contributed by atoms with E-state index in [1.807, 2.05) is 31.3 Å². The number of nitrogens with zero attached hydrogens (tertiary/aromatic N) is 2. The molecule has 0 saturated heterocycles. The molecule has 0 atom stereocenters. The molecule has 1 saturated carbocycles. The van der Waals surface area contributed by atoms with Crippen molar-refractivity contribution in [3.63, 3.8) is 0 Å². The molecular formula is C11H17N3O. The quantitative estimate of drug-likeness (QED) is 0.804. The van der Waals surface area contributed by atoms with Crippen molar-refractivity contribution < 1.29 is 4.74 Å². The Hall–Kier alpha value is -1.29. The highest BCUT2D eigenvalue weighted by Crippen LogP contribution is 2.30. The van der Waals surface area contributed by atoms with Gasteiger partial charge in [-0.3, -0.25) is 4.98 Å². The van der Waals surface area contributed by atoms with Crippen LogP contribution in [0.4, 0.5) is 5.69 Å². The van der Waals surface area contributed by atoms with E-state index in [9.17, 15) is 0 Å². The second-order valence-corrected chi connectivity index (χ2v) is 4.05. The van der Waals surface area contributed by atoms with E-state index in [2.05, 4.69) is 4.98 Å². The van der Waals surface area contributed by atoms with Crippen molar-refractivity contribution >= 4 is 5.69 Å². The summed E-state index contributed by atoms with van der Waals surface area (Å²) in [5.41, 5.74) is 7.50. The van der Waals surface area contributed by atoms with Gasteiger partial charge in [0.15, 0.2) is 0 Å². The van der Waals surface area contributed by atoms with Crippen molar-refractivity contribution in [2.45, 2.75) is 25.5 Å². The van der Waals surface area contributed by atoms with Gasteiger partial charge in [-0.1, -0.05) is 0 Å². The highest BCUT2D eigenvalue weighted by atomic mass is 16.5. The molecule has 0 bridgehead atoms. The molecule has 1 aliphatic rings. The first kappa shape index (κ1) is 10.2. The molecule has 0 aliphatic heterocycles. The number of hydrogen-bond donors (Lipinski definition) is 1. The fraction of sp³-hybridized carbons (Fsp3) is 0.545. The molecule has 4 nitrogen and oxygen atoms in total. The molecule has 2 rings (SSSR count). The van der Waals surface area contributed by atoms with Crippen LogP contribution >= 0.6 is 0 Å². The third-order valence-corrected chi connectivity index (χ3v) is 2.44. The minimum atomic E-state index is 0.384. The Morgan fingerprint density at radius 3 is 2.80 bits per heavy atom. The SMILES string of the molecule is CN(C)c1cnc(CN)c(OC2CC2)c1. The van der Waals surface area contributed by atoms with Gasteiger partial charge in [-0.25, -0.2) is 0 Å². The molecule has 0 aromatic carbocycles. The maximum absolute atomic E-state index is 5.77. The molecule has 0 amide bonds. The average Bonchev–Trinajstić information content (AvgIpc) is 3.01. The Morgan fingerprint density at radius 2 is 2.27 bits per heavy atom. The number of aromatic nitrogens is 1. The van der Waals surface area contributed by atoms with Crippen LogP contribution in [0.5, 0.6) is 5.75 Å². The van der Waals surface area contributed by atoms with Crippen LogP contribution in [0.1, 0.15) is 18.5 Å². The summed E-state index contributed by atoms with van der Waals surface area (Å²) in [5, 5.41) is 0. The lowest BCUT2D eigenvalue weighted by Gasteiger charge is -2.15. The zero-order chi connectivity index (χ0) is 10.8. The van der Waals surface area contributed by atoms with Gasteiger partial charge in [-0.15, -0.1) is 0 Å². The summed E-state index contributed by atoms with van der Waals surface area (Å²) < 4.78 is 5.77. The van der Waals surface area contributed by atoms with Crippen molar-refractivity contribution in [1.82, 2.24) is 4.98 Å². The molecule has 1 fully saturated rings. The van der Waals surface area contributed by atoms with Crippen LogP contribution < -0.4 is 15.4 Å². The van der Waals surface area contributed by atoms with Gasteiger partial charge in [0.2, 0.25) is 0 Å². The van der Waals surface area contributed by atoms with E-state index >= 15 is 0 Å². The maximum Gasteiger partial charge on any atom is 0.144 e. The Morgan fingerprint density at radius 1 is 1.53 bits per heavy atom. The average molecular weight is 207 g/mol. The third kappa shape index (κ3) is 2.39. The van der Waals surface area contributed by atoms with Crippen LogP contribution in [-0.4, -0.2) is 25.2 Å².